The minimum Gasteiger partial charge on any atom is -0.273 e. The van der Waals surface area contributed by atoms with E-state index in [1.165, 1.54) is 4.31 Å². The van der Waals surface area contributed by atoms with E-state index in [0.29, 0.717) is 4.20 Å². The molecule has 0 radical (unpaired) electrons. The normalized spacial score (nSPS) is 17.1. The van der Waals surface area contributed by atoms with Crippen molar-refractivity contribution in [3.05, 3.63) is 30.1 Å². The van der Waals surface area contributed by atoms with E-state index < -0.39 is 0 Å². The lowest BCUT2D eigenvalue weighted by Gasteiger charge is -2.16. The lowest BCUT2D eigenvalue weighted by atomic mass is 10.1. The van der Waals surface area contributed by atoms with Crippen LogP contribution in [-0.2, 0) is 9.59 Å². The van der Waals surface area contributed by atoms with Crippen molar-refractivity contribution in [2.45, 2.75) is 25.7 Å². The van der Waals surface area contributed by atoms with Crippen LogP contribution in [0.3, 0.4) is 0 Å². The first kappa shape index (κ1) is 13.2. The molecule has 1 atom stereocenters. The summed E-state index contributed by atoms with van der Waals surface area (Å²) in [5, 5.41) is 0. The molecule has 1 fully saturated rings. The largest absolute Gasteiger partial charge is 0.273 e. The summed E-state index contributed by atoms with van der Waals surface area (Å²) >= 11 is 6.33. The minimum atomic E-state index is -0.166. The van der Waals surface area contributed by atoms with Gasteiger partial charge >= 0.3 is 0 Å². The van der Waals surface area contributed by atoms with E-state index in [2.05, 4.69) is 4.98 Å². The second-order valence-corrected chi connectivity index (χ2v) is 5.65. The maximum Gasteiger partial charge on any atom is 0.240 e. The monoisotopic (exact) mass is 280 g/mol. The second-order valence-electron chi connectivity index (χ2n) is 3.97. The van der Waals surface area contributed by atoms with Gasteiger partial charge in [0.15, 0.2) is 0 Å². The van der Waals surface area contributed by atoms with Crippen LogP contribution in [-0.4, -0.2) is 25.3 Å². The van der Waals surface area contributed by atoms with Crippen LogP contribution < -0.4 is 0 Å². The molecule has 1 aliphatic heterocycles. The number of imide groups is 1. The Morgan fingerprint density at radius 3 is 2.61 bits per heavy atom. The third-order valence-electron chi connectivity index (χ3n) is 2.67. The predicted molar refractivity (Wildman–Crippen MR) is 73.9 cm³/mol. The van der Waals surface area contributed by atoms with E-state index in [0.717, 1.165) is 17.6 Å². The van der Waals surface area contributed by atoms with Crippen molar-refractivity contribution >= 4 is 40.2 Å². The lowest BCUT2D eigenvalue weighted by Crippen LogP contribution is -2.24. The number of rotatable bonds is 3. The predicted octanol–water partition coefficient (Wildman–Crippen LogP) is 2.31. The van der Waals surface area contributed by atoms with Crippen LogP contribution in [0.2, 0.25) is 0 Å². The van der Waals surface area contributed by atoms with E-state index in [1.807, 2.05) is 25.1 Å². The van der Waals surface area contributed by atoms with Crippen LogP contribution in [0.15, 0.2) is 24.4 Å². The van der Waals surface area contributed by atoms with Crippen molar-refractivity contribution in [2.75, 3.05) is 0 Å². The molecule has 94 valence electrons. The fourth-order valence-corrected chi connectivity index (χ4v) is 2.77. The Labute approximate surface area is 115 Å². The molecule has 18 heavy (non-hydrogen) atoms. The van der Waals surface area contributed by atoms with Crippen LogP contribution in [0.1, 0.15) is 31.4 Å². The first-order chi connectivity index (χ1) is 8.59. The molecule has 2 rings (SSSR count). The van der Waals surface area contributed by atoms with Crippen LogP contribution in [0.4, 0.5) is 0 Å². The van der Waals surface area contributed by atoms with Crippen LogP contribution >= 0.6 is 24.2 Å². The zero-order chi connectivity index (χ0) is 13.1. The summed E-state index contributed by atoms with van der Waals surface area (Å²) in [6.07, 6.45) is 2.27. The third kappa shape index (κ3) is 2.76. The molecule has 0 bridgehead atoms. The number of aromatic nitrogens is 1. The van der Waals surface area contributed by atoms with Crippen LogP contribution in [0.5, 0.6) is 0 Å². The van der Waals surface area contributed by atoms with Gasteiger partial charge in [-0.3, -0.25) is 14.6 Å². The SMILES string of the molecule is CC(C(=S)SN1C(=O)CCC1=O)c1ccccn1. The number of hydrogen-bond donors (Lipinski definition) is 0. The summed E-state index contributed by atoms with van der Waals surface area (Å²) in [6, 6.07) is 5.60. The van der Waals surface area contributed by atoms with Gasteiger partial charge in [-0.25, -0.2) is 4.31 Å². The van der Waals surface area contributed by atoms with Gasteiger partial charge in [-0.1, -0.05) is 25.2 Å². The summed E-state index contributed by atoms with van der Waals surface area (Å²) in [7, 11) is 0. The van der Waals surface area contributed by atoms with Gasteiger partial charge in [0, 0.05) is 42.6 Å². The van der Waals surface area contributed by atoms with E-state index >= 15 is 0 Å². The smallest absolute Gasteiger partial charge is 0.240 e. The lowest BCUT2D eigenvalue weighted by molar-refractivity contribution is -0.131. The number of amides is 2. The highest BCUT2D eigenvalue weighted by molar-refractivity contribution is 8.22. The van der Waals surface area contributed by atoms with Gasteiger partial charge < -0.3 is 0 Å². The summed E-state index contributed by atoms with van der Waals surface area (Å²) in [4.78, 5) is 27.2. The fourth-order valence-electron chi connectivity index (χ4n) is 1.58. The molecule has 2 amide bonds. The molecule has 0 spiro atoms. The Kier molecular flexibility index (Phi) is 4.08. The Balaban J connectivity index is 2.04. The maximum atomic E-state index is 11.5. The van der Waals surface area contributed by atoms with Crippen molar-refractivity contribution in [3.8, 4) is 0 Å². The highest BCUT2D eigenvalue weighted by Crippen LogP contribution is 2.28. The quantitative estimate of drug-likeness (QED) is 0.483. The topological polar surface area (TPSA) is 50.3 Å². The zero-order valence-corrected chi connectivity index (χ0v) is 11.5. The molecule has 0 N–H and O–H groups in total. The van der Waals surface area contributed by atoms with Gasteiger partial charge in [0.05, 0.1) is 4.20 Å². The highest BCUT2D eigenvalue weighted by atomic mass is 32.2. The Hall–Kier alpha value is -1.27. The molecule has 1 aromatic heterocycles. The van der Waals surface area contributed by atoms with Crippen molar-refractivity contribution in [3.63, 3.8) is 0 Å². The number of pyridine rings is 1. The van der Waals surface area contributed by atoms with E-state index in [-0.39, 0.29) is 30.6 Å². The van der Waals surface area contributed by atoms with Crippen molar-refractivity contribution in [1.82, 2.24) is 9.29 Å². The number of carbonyl (C=O) groups excluding carboxylic acids is 2. The van der Waals surface area contributed by atoms with Gasteiger partial charge in [-0.15, -0.1) is 0 Å². The first-order valence-electron chi connectivity index (χ1n) is 5.58. The van der Waals surface area contributed by atoms with Gasteiger partial charge in [-0.05, 0) is 12.1 Å². The molecule has 0 saturated carbocycles. The molecule has 1 aromatic rings. The highest BCUT2D eigenvalue weighted by Gasteiger charge is 2.31. The van der Waals surface area contributed by atoms with E-state index in [4.69, 9.17) is 12.2 Å². The zero-order valence-electron chi connectivity index (χ0n) is 9.83. The standard InChI is InChI=1S/C12H12N2O2S2/c1-8(9-4-2-3-7-13-9)12(17)18-14-10(15)5-6-11(14)16/h2-4,7-8H,5-6H2,1H3. The number of hydrogen-bond acceptors (Lipinski definition) is 5. The Bertz CT molecular complexity index is 474. The average molecular weight is 280 g/mol. The van der Waals surface area contributed by atoms with E-state index in [9.17, 15) is 9.59 Å². The molecule has 6 heteroatoms. The summed E-state index contributed by atoms with van der Waals surface area (Å²) < 4.78 is 1.75. The van der Waals surface area contributed by atoms with Gasteiger partial charge in [-0.2, -0.15) is 0 Å². The van der Waals surface area contributed by atoms with E-state index in [1.54, 1.807) is 6.20 Å². The van der Waals surface area contributed by atoms with Crippen LogP contribution in [0, 0.1) is 0 Å². The molecule has 0 aromatic carbocycles. The molecular weight excluding hydrogens is 268 g/mol. The Morgan fingerprint density at radius 2 is 2.06 bits per heavy atom. The van der Waals surface area contributed by atoms with Gasteiger partial charge in [0.1, 0.15) is 0 Å². The van der Waals surface area contributed by atoms with Crippen molar-refractivity contribution < 1.29 is 9.59 Å². The molecule has 1 aliphatic rings. The third-order valence-corrected chi connectivity index (χ3v) is 4.37. The van der Waals surface area contributed by atoms with Gasteiger partial charge in [0.2, 0.25) is 11.8 Å². The average Bonchev–Trinajstić information content (AvgIpc) is 2.70. The van der Waals surface area contributed by atoms with Gasteiger partial charge in [0.25, 0.3) is 0 Å². The summed E-state index contributed by atoms with van der Waals surface area (Å²) in [5.41, 5.74) is 0.842. The molecule has 1 saturated heterocycles. The number of nitrogens with zero attached hydrogens (tertiary/aromatic N) is 2. The second kappa shape index (κ2) is 5.58. The molecule has 0 aliphatic carbocycles. The minimum absolute atomic E-state index is 0.0765. The van der Waals surface area contributed by atoms with Crippen molar-refractivity contribution in [2.24, 2.45) is 0 Å². The molecule has 2 heterocycles. The first-order valence-corrected chi connectivity index (χ1v) is 6.76. The van der Waals surface area contributed by atoms with Crippen LogP contribution in [0.25, 0.3) is 0 Å². The number of thiocarbonyl (C=S) groups is 1. The Morgan fingerprint density at radius 1 is 1.39 bits per heavy atom. The fraction of sp³-hybridized carbons (Fsp3) is 0.333. The molecule has 1 unspecified atom stereocenters. The number of carbonyl (C=O) groups is 2. The maximum absolute atomic E-state index is 11.5. The molecular formula is C12H12N2O2S2. The summed E-state index contributed by atoms with van der Waals surface area (Å²) in [5.74, 6) is -0.409. The van der Waals surface area contributed by atoms with Crippen molar-refractivity contribution in [1.29, 1.82) is 0 Å². The molecule has 4 nitrogen and oxygen atoms in total. The summed E-state index contributed by atoms with van der Waals surface area (Å²) in [6.45, 7) is 1.92.